The fourth-order valence-electron chi connectivity index (χ4n) is 2.21. The Labute approximate surface area is 181 Å². The van der Waals surface area contributed by atoms with Crippen LogP contribution in [0.4, 0.5) is 10.2 Å². The Kier molecular flexibility index (Phi) is 9.40. The van der Waals surface area contributed by atoms with Gasteiger partial charge >= 0.3 is 0 Å². The van der Waals surface area contributed by atoms with Crippen LogP contribution < -0.4 is 14.8 Å². The van der Waals surface area contributed by atoms with Crippen LogP contribution in [0.1, 0.15) is 16.1 Å². The molecule has 158 valence electrons. The van der Waals surface area contributed by atoms with Gasteiger partial charge in [0.05, 0.1) is 25.4 Å². The molecule has 0 radical (unpaired) electrons. The van der Waals surface area contributed by atoms with Crippen molar-refractivity contribution in [3.05, 3.63) is 51.9 Å². The lowest BCUT2D eigenvalue weighted by Gasteiger charge is -2.14. The highest BCUT2D eigenvalue weighted by Gasteiger charge is 2.21. The molecule has 0 fully saturated rings. The van der Waals surface area contributed by atoms with Gasteiger partial charge in [-0.2, -0.15) is 5.26 Å². The number of carbonyl (C=O) groups excluding carboxylic acids is 1. The summed E-state index contributed by atoms with van der Waals surface area (Å²) in [5, 5.41) is 11.8. The van der Waals surface area contributed by atoms with Crippen molar-refractivity contribution in [1.29, 1.82) is 5.26 Å². The second-order valence-electron chi connectivity index (χ2n) is 5.40. The predicted molar refractivity (Wildman–Crippen MR) is 114 cm³/mol. The molecule has 1 heterocycles. The molecule has 8 nitrogen and oxygen atoms in total. The van der Waals surface area contributed by atoms with Crippen LogP contribution in [0.5, 0.6) is 11.5 Å². The lowest BCUT2D eigenvalue weighted by Crippen LogP contribution is -2.08. The largest absolute Gasteiger partial charge is 0.493 e. The van der Waals surface area contributed by atoms with Gasteiger partial charge in [-0.15, -0.1) is 11.8 Å². The number of carbonyl (C=O) groups is 1. The number of benzene rings is 1. The number of ether oxygens (including phenoxy) is 3. The standard InChI is InChI=1S/C19H19FN4O4S2/c1-26-11-28-15-5-4-13(20)19(27-2)18(15)14(25)6-17(29-3)30-10-24-16-9-22-12(7-21)8-23-16/h4-6,8-9H,10-11H2,1-3H3,(H,23,24)/b17-6+. The third-order valence-electron chi connectivity index (χ3n) is 3.54. The maximum atomic E-state index is 14.1. The number of methoxy groups -OCH3 is 2. The number of nitrogens with zero attached hydrogens (tertiary/aromatic N) is 3. The van der Waals surface area contributed by atoms with E-state index in [1.54, 1.807) is 0 Å². The Morgan fingerprint density at radius 2 is 2.13 bits per heavy atom. The van der Waals surface area contributed by atoms with Gasteiger partial charge < -0.3 is 19.5 Å². The highest BCUT2D eigenvalue weighted by Crippen LogP contribution is 2.34. The molecule has 0 aliphatic heterocycles. The second kappa shape index (κ2) is 12.0. The van der Waals surface area contributed by atoms with Crippen LogP contribution in [-0.2, 0) is 4.74 Å². The van der Waals surface area contributed by atoms with Crippen molar-refractivity contribution >= 4 is 35.1 Å². The normalized spacial score (nSPS) is 11.0. The SMILES string of the molecule is COCOc1ccc(F)c(OC)c1C(=O)/C=C(\SC)SCNc1cnc(C#N)cn1. The van der Waals surface area contributed by atoms with Gasteiger partial charge in [-0.3, -0.25) is 4.79 Å². The van der Waals surface area contributed by atoms with E-state index < -0.39 is 11.6 Å². The third-order valence-corrected chi connectivity index (χ3v) is 5.60. The van der Waals surface area contributed by atoms with Crippen LogP contribution in [0.2, 0.25) is 0 Å². The molecule has 2 aromatic rings. The van der Waals surface area contributed by atoms with Gasteiger partial charge in [-0.25, -0.2) is 14.4 Å². The molecule has 0 bridgehead atoms. The number of thioether (sulfide) groups is 2. The summed E-state index contributed by atoms with van der Waals surface area (Å²) in [5.74, 6) is -0.274. The van der Waals surface area contributed by atoms with Crippen LogP contribution in [0.25, 0.3) is 0 Å². The highest BCUT2D eigenvalue weighted by atomic mass is 32.2. The number of hydrogen-bond donors (Lipinski definition) is 1. The molecule has 1 N–H and O–H groups in total. The van der Waals surface area contributed by atoms with Crippen LogP contribution >= 0.6 is 23.5 Å². The maximum absolute atomic E-state index is 14.1. The van der Waals surface area contributed by atoms with E-state index >= 15 is 0 Å². The average Bonchev–Trinajstić information content (AvgIpc) is 2.77. The molecule has 0 saturated carbocycles. The molecule has 2 rings (SSSR count). The summed E-state index contributed by atoms with van der Waals surface area (Å²) >= 11 is 2.71. The fourth-order valence-corrected chi connectivity index (χ4v) is 3.64. The quantitative estimate of drug-likeness (QED) is 0.310. The Balaban J connectivity index is 2.15. The number of rotatable bonds is 11. The number of allylic oxidation sites excluding steroid dienone is 1. The zero-order valence-corrected chi connectivity index (χ0v) is 18.1. The Hall–Kier alpha value is -2.81. The number of hydrogen-bond acceptors (Lipinski definition) is 10. The summed E-state index contributed by atoms with van der Waals surface area (Å²) in [7, 11) is 2.72. The highest BCUT2D eigenvalue weighted by molar-refractivity contribution is 8.22. The van der Waals surface area contributed by atoms with E-state index in [0.717, 1.165) is 6.07 Å². The first-order valence-corrected chi connectivity index (χ1v) is 10.6. The molecule has 30 heavy (non-hydrogen) atoms. The van der Waals surface area contributed by atoms with Crippen molar-refractivity contribution in [2.45, 2.75) is 0 Å². The summed E-state index contributed by atoms with van der Waals surface area (Å²) in [6.07, 6.45) is 6.01. The summed E-state index contributed by atoms with van der Waals surface area (Å²) in [5.41, 5.74) is 0.201. The van der Waals surface area contributed by atoms with Gasteiger partial charge in [0.15, 0.2) is 29.8 Å². The Bertz CT molecular complexity index is 949. The first-order chi connectivity index (χ1) is 14.5. The molecule has 0 unspecified atom stereocenters. The van der Waals surface area contributed by atoms with Gasteiger partial charge in [0.1, 0.15) is 23.2 Å². The van der Waals surface area contributed by atoms with Gasteiger partial charge in [0.2, 0.25) is 0 Å². The smallest absolute Gasteiger partial charge is 0.195 e. The molecule has 0 aliphatic carbocycles. The molecule has 0 atom stereocenters. The summed E-state index contributed by atoms with van der Waals surface area (Å²) in [6.45, 7) is -0.0987. The summed E-state index contributed by atoms with van der Waals surface area (Å²) in [4.78, 5) is 20.9. The minimum absolute atomic E-state index is 0.0207. The molecule has 0 aliphatic rings. The number of anilines is 1. The molecule has 0 spiro atoms. The average molecular weight is 451 g/mol. The molecule has 0 saturated heterocycles. The summed E-state index contributed by atoms with van der Waals surface area (Å²) < 4.78 is 30.2. The minimum Gasteiger partial charge on any atom is -0.493 e. The molecular weight excluding hydrogens is 431 g/mol. The van der Waals surface area contributed by atoms with E-state index in [4.69, 9.17) is 19.5 Å². The van der Waals surface area contributed by atoms with Crippen LogP contribution in [0.3, 0.4) is 0 Å². The van der Waals surface area contributed by atoms with Gasteiger partial charge in [-0.05, 0) is 18.4 Å². The van der Waals surface area contributed by atoms with E-state index in [1.165, 1.54) is 62.3 Å². The zero-order valence-electron chi connectivity index (χ0n) is 16.5. The number of nitriles is 1. The van der Waals surface area contributed by atoms with Crippen molar-refractivity contribution in [1.82, 2.24) is 9.97 Å². The van der Waals surface area contributed by atoms with Crippen molar-refractivity contribution in [2.24, 2.45) is 0 Å². The Morgan fingerprint density at radius 1 is 1.33 bits per heavy atom. The molecule has 11 heteroatoms. The van der Waals surface area contributed by atoms with Gasteiger partial charge in [0.25, 0.3) is 0 Å². The molecular formula is C19H19FN4O4S2. The molecule has 1 aromatic heterocycles. The van der Waals surface area contributed by atoms with Crippen LogP contribution in [0, 0.1) is 17.1 Å². The van der Waals surface area contributed by atoms with E-state index in [9.17, 15) is 9.18 Å². The van der Waals surface area contributed by atoms with Crippen molar-refractivity contribution in [3.8, 4) is 17.6 Å². The first-order valence-electron chi connectivity index (χ1n) is 8.41. The van der Waals surface area contributed by atoms with E-state index in [1.807, 2.05) is 12.3 Å². The number of aromatic nitrogens is 2. The van der Waals surface area contributed by atoms with Crippen LogP contribution in [0.15, 0.2) is 34.8 Å². The molecule has 1 aromatic carbocycles. The topological polar surface area (TPSA) is 106 Å². The number of nitrogens with one attached hydrogen (secondary N) is 1. The predicted octanol–water partition coefficient (Wildman–Crippen LogP) is 3.67. The van der Waals surface area contributed by atoms with Crippen LogP contribution in [-0.4, -0.2) is 48.9 Å². The Morgan fingerprint density at radius 3 is 2.73 bits per heavy atom. The van der Waals surface area contributed by atoms with Crippen molar-refractivity contribution in [2.75, 3.05) is 38.5 Å². The van der Waals surface area contributed by atoms with Crippen molar-refractivity contribution < 1.29 is 23.4 Å². The lowest BCUT2D eigenvalue weighted by molar-refractivity contribution is 0.0501. The van der Waals surface area contributed by atoms with E-state index in [2.05, 4.69) is 15.3 Å². The first kappa shape index (κ1) is 23.5. The monoisotopic (exact) mass is 450 g/mol. The minimum atomic E-state index is -0.668. The molecule has 0 amide bonds. The van der Waals surface area contributed by atoms with Gasteiger partial charge in [0, 0.05) is 17.4 Å². The van der Waals surface area contributed by atoms with E-state index in [0.29, 0.717) is 15.9 Å². The van der Waals surface area contributed by atoms with Crippen molar-refractivity contribution in [3.63, 3.8) is 0 Å². The zero-order chi connectivity index (χ0) is 21.9. The fraction of sp³-hybridized carbons (Fsp3) is 0.263. The number of halogens is 1. The van der Waals surface area contributed by atoms with Gasteiger partial charge in [-0.1, -0.05) is 11.8 Å². The lowest BCUT2D eigenvalue weighted by atomic mass is 10.1. The number of ketones is 1. The third kappa shape index (κ3) is 6.35. The van der Waals surface area contributed by atoms with E-state index in [-0.39, 0.29) is 29.5 Å². The second-order valence-corrected chi connectivity index (χ2v) is 7.52. The summed E-state index contributed by atoms with van der Waals surface area (Å²) in [6, 6.07) is 4.41. The maximum Gasteiger partial charge on any atom is 0.195 e.